The first-order chi connectivity index (χ1) is 11.3. The Morgan fingerprint density at radius 2 is 1.96 bits per heavy atom. The number of fused-ring (bicyclic) bond motifs is 2. The fraction of sp³-hybridized carbons (Fsp3) is 0.714. The molecule has 3 rings (SSSR count). The molecule has 3 heteroatoms. The van der Waals surface area contributed by atoms with Gasteiger partial charge in [0.05, 0.1) is 18.8 Å². The van der Waals surface area contributed by atoms with Crippen LogP contribution in [-0.4, -0.2) is 30.5 Å². The van der Waals surface area contributed by atoms with Crippen LogP contribution in [0.15, 0.2) is 30.3 Å². The molecule has 2 aliphatic rings. The molecule has 3 nitrogen and oxygen atoms in total. The van der Waals surface area contributed by atoms with E-state index in [-0.39, 0.29) is 11.5 Å². The molecule has 0 spiro atoms. The van der Waals surface area contributed by atoms with Gasteiger partial charge in [-0.2, -0.15) is 0 Å². The summed E-state index contributed by atoms with van der Waals surface area (Å²) in [4.78, 5) is 0. The fourth-order valence-electron chi connectivity index (χ4n) is 4.84. The van der Waals surface area contributed by atoms with E-state index in [2.05, 4.69) is 45.1 Å². The van der Waals surface area contributed by atoms with E-state index in [9.17, 15) is 5.11 Å². The van der Waals surface area contributed by atoms with E-state index >= 15 is 0 Å². The summed E-state index contributed by atoms with van der Waals surface area (Å²) in [5, 5.41) is 13.7. The molecule has 2 aliphatic carbocycles. The predicted octanol–water partition coefficient (Wildman–Crippen LogP) is 3.93. The van der Waals surface area contributed by atoms with Crippen LogP contribution in [0.25, 0.3) is 0 Å². The Kier molecular flexibility index (Phi) is 5.06. The molecule has 0 heterocycles. The molecular formula is C21H33NO2. The Bertz CT molecular complexity index is 544. The summed E-state index contributed by atoms with van der Waals surface area (Å²) in [6.07, 6.45) is 3.59. The van der Waals surface area contributed by atoms with Crippen molar-refractivity contribution >= 4 is 0 Å². The fourth-order valence-corrected chi connectivity index (χ4v) is 4.84. The lowest BCUT2D eigenvalue weighted by atomic mass is 9.70. The Morgan fingerprint density at radius 1 is 1.25 bits per heavy atom. The van der Waals surface area contributed by atoms with Gasteiger partial charge in [-0.3, -0.25) is 0 Å². The van der Waals surface area contributed by atoms with Gasteiger partial charge in [0, 0.05) is 12.6 Å². The Labute approximate surface area is 146 Å². The van der Waals surface area contributed by atoms with Crippen LogP contribution in [0.1, 0.15) is 58.6 Å². The average molecular weight is 332 g/mol. The minimum Gasteiger partial charge on any atom is -0.389 e. The molecule has 2 bridgehead atoms. The second kappa shape index (κ2) is 6.78. The molecule has 24 heavy (non-hydrogen) atoms. The number of hydrogen-bond donors (Lipinski definition) is 2. The summed E-state index contributed by atoms with van der Waals surface area (Å²) in [5.41, 5.74) is 1.87. The molecule has 134 valence electrons. The summed E-state index contributed by atoms with van der Waals surface area (Å²) < 4.78 is 6.19. The molecule has 2 N–H and O–H groups in total. The molecular weight excluding hydrogens is 298 g/mol. The SMILES string of the molecule is C[C@H](NC[C@H](O)CO[C@H]1C[C@H]2CC[C@@]1(C)C2(C)C)c1ccccc1. The number of nitrogens with one attached hydrogen (secondary N) is 1. The van der Waals surface area contributed by atoms with Crippen LogP contribution >= 0.6 is 0 Å². The van der Waals surface area contributed by atoms with E-state index in [4.69, 9.17) is 4.74 Å². The third-order valence-corrected chi connectivity index (χ3v) is 7.16. The van der Waals surface area contributed by atoms with Gasteiger partial charge in [-0.05, 0) is 48.5 Å². The molecule has 2 saturated carbocycles. The van der Waals surface area contributed by atoms with E-state index in [1.54, 1.807) is 0 Å². The number of hydrogen-bond acceptors (Lipinski definition) is 3. The first-order valence-electron chi connectivity index (χ1n) is 9.42. The van der Waals surface area contributed by atoms with Gasteiger partial charge in [0.1, 0.15) is 0 Å². The van der Waals surface area contributed by atoms with Gasteiger partial charge in [-0.15, -0.1) is 0 Å². The first kappa shape index (κ1) is 17.9. The molecule has 1 aromatic carbocycles. The predicted molar refractivity (Wildman–Crippen MR) is 97.8 cm³/mol. The second-order valence-corrected chi connectivity index (χ2v) is 8.63. The van der Waals surface area contributed by atoms with E-state index < -0.39 is 6.10 Å². The van der Waals surface area contributed by atoms with Crippen molar-refractivity contribution in [3.05, 3.63) is 35.9 Å². The van der Waals surface area contributed by atoms with Gasteiger partial charge in [0.25, 0.3) is 0 Å². The molecule has 0 unspecified atom stereocenters. The highest BCUT2D eigenvalue weighted by Crippen LogP contribution is 2.66. The largest absolute Gasteiger partial charge is 0.389 e. The van der Waals surface area contributed by atoms with Crippen LogP contribution < -0.4 is 5.32 Å². The van der Waals surface area contributed by atoms with Crippen LogP contribution in [0.4, 0.5) is 0 Å². The van der Waals surface area contributed by atoms with Gasteiger partial charge >= 0.3 is 0 Å². The summed E-state index contributed by atoms with van der Waals surface area (Å²) in [5.74, 6) is 0.779. The first-order valence-corrected chi connectivity index (χ1v) is 9.42. The van der Waals surface area contributed by atoms with Crippen LogP contribution in [0.2, 0.25) is 0 Å². The molecule has 0 aromatic heterocycles. The van der Waals surface area contributed by atoms with Crippen molar-refractivity contribution in [2.45, 2.75) is 65.2 Å². The lowest BCUT2D eigenvalue weighted by molar-refractivity contribution is -0.0744. The number of rotatable bonds is 7. The maximum atomic E-state index is 10.3. The monoisotopic (exact) mass is 331 g/mol. The molecule has 0 amide bonds. The molecule has 0 radical (unpaired) electrons. The topological polar surface area (TPSA) is 41.5 Å². The van der Waals surface area contributed by atoms with Gasteiger partial charge in [0.15, 0.2) is 0 Å². The number of benzene rings is 1. The number of ether oxygens (including phenoxy) is 1. The van der Waals surface area contributed by atoms with E-state index in [0.717, 1.165) is 12.3 Å². The Hall–Kier alpha value is -0.900. The summed E-state index contributed by atoms with van der Waals surface area (Å²) in [7, 11) is 0. The lowest BCUT2D eigenvalue weighted by Crippen LogP contribution is -2.40. The normalized spacial score (nSPS) is 33.5. The maximum Gasteiger partial charge on any atom is 0.0898 e. The quantitative estimate of drug-likeness (QED) is 0.795. The number of aliphatic hydroxyl groups excluding tert-OH is 1. The zero-order valence-electron chi connectivity index (χ0n) is 15.6. The maximum absolute atomic E-state index is 10.3. The van der Waals surface area contributed by atoms with E-state index in [1.165, 1.54) is 18.4 Å². The summed E-state index contributed by atoms with van der Waals surface area (Å²) >= 11 is 0. The van der Waals surface area contributed by atoms with Gasteiger partial charge in [-0.25, -0.2) is 0 Å². The van der Waals surface area contributed by atoms with Crippen LogP contribution in [0, 0.1) is 16.7 Å². The Balaban J connectivity index is 1.44. The van der Waals surface area contributed by atoms with Gasteiger partial charge < -0.3 is 15.2 Å². The van der Waals surface area contributed by atoms with Crippen molar-refractivity contribution < 1.29 is 9.84 Å². The molecule has 2 fully saturated rings. The van der Waals surface area contributed by atoms with Crippen molar-refractivity contribution in [1.29, 1.82) is 0 Å². The van der Waals surface area contributed by atoms with E-state index in [1.807, 2.05) is 18.2 Å². The summed E-state index contributed by atoms with van der Waals surface area (Å²) in [6.45, 7) is 10.3. The standard InChI is InChI=1S/C21H33NO2/c1-15(16-8-6-5-7-9-16)22-13-18(23)14-24-19-12-17-10-11-21(19,4)20(17,2)3/h5-9,15,17-19,22-23H,10-14H2,1-4H3/t15-,17+,18-,19-,21+/m0/s1. The molecule has 0 saturated heterocycles. The highest BCUT2D eigenvalue weighted by Gasteiger charge is 2.61. The third-order valence-electron chi connectivity index (χ3n) is 7.16. The Morgan fingerprint density at radius 3 is 2.54 bits per heavy atom. The van der Waals surface area contributed by atoms with Crippen molar-refractivity contribution in [1.82, 2.24) is 5.32 Å². The molecule has 1 aromatic rings. The van der Waals surface area contributed by atoms with Crippen molar-refractivity contribution in [3.63, 3.8) is 0 Å². The van der Waals surface area contributed by atoms with Crippen molar-refractivity contribution in [3.8, 4) is 0 Å². The van der Waals surface area contributed by atoms with Crippen LogP contribution in [0.3, 0.4) is 0 Å². The van der Waals surface area contributed by atoms with Crippen molar-refractivity contribution in [2.24, 2.45) is 16.7 Å². The van der Waals surface area contributed by atoms with Gasteiger partial charge in [0.2, 0.25) is 0 Å². The van der Waals surface area contributed by atoms with Crippen LogP contribution in [0.5, 0.6) is 0 Å². The van der Waals surface area contributed by atoms with Crippen LogP contribution in [-0.2, 0) is 4.74 Å². The molecule has 0 aliphatic heterocycles. The minimum atomic E-state index is -0.456. The van der Waals surface area contributed by atoms with Crippen molar-refractivity contribution in [2.75, 3.05) is 13.2 Å². The molecule has 5 atom stereocenters. The summed E-state index contributed by atoms with van der Waals surface area (Å²) in [6, 6.07) is 10.6. The zero-order chi connectivity index (χ0) is 17.4. The zero-order valence-corrected chi connectivity index (χ0v) is 15.6. The van der Waals surface area contributed by atoms with E-state index in [0.29, 0.717) is 24.7 Å². The smallest absolute Gasteiger partial charge is 0.0898 e. The number of aliphatic hydroxyl groups is 1. The third kappa shape index (κ3) is 3.14. The average Bonchev–Trinajstić information content (AvgIpc) is 2.91. The minimum absolute atomic E-state index is 0.236. The highest BCUT2D eigenvalue weighted by molar-refractivity contribution is 5.18. The lowest BCUT2D eigenvalue weighted by Gasteiger charge is -2.39. The highest BCUT2D eigenvalue weighted by atomic mass is 16.5. The second-order valence-electron chi connectivity index (χ2n) is 8.63. The van der Waals surface area contributed by atoms with Gasteiger partial charge in [-0.1, -0.05) is 51.1 Å².